The average molecular weight is 360 g/mol. The van der Waals surface area contributed by atoms with Crippen molar-refractivity contribution in [3.05, 3.63) is 47.4 Å². The van der Waals surface area contributed by atoms with Crippen molar-refractivity contribution in [2.24, 2.45) is 0 Å². The SMILES string of the molecule is CC(C)c1noc(C(C)N2CCN(C(=O)Cc3ccc(F)cc3)CC2)n1. The fraction of sp³-hybridized carbons (Fsp3) is 0.526. The Balaban J connectivity index is 1.52. The van der Waals surface area contributed by atoms with Crippen molar-refractivity contribution in [2.75, 3.05) is 26.2 Å². The Hall–Kier alpha value is -2.28. The first-order valence-electron chi connectivity index (χ1n) is 9.04. The lowest BCUT2D eigenvalue weighted by Crippen LogP contribution is -2.49. The zero-order valence-corrected chi connectivity index (χ0v) is 15.5. The largest absolute Gasteiger partial charge is 0.340 e. The highest BCUT2D eigenvalue weighted by Gasteiger charge is 2.27. The maximum atomic E-state index is 13.0. The van der Waals surface area contributed by atoms with Crippen molar-refractivity contribution in [2.45, 2.75) is 39.2 Å². The highest BCUT2D eigenvalue weighted by molar-refractivity contribution is 5.78. The Morgan fingerprint density at radius 1 is 1.15 bits per heavy atom. The van der Waals surface area contributed by atoms with Gasteiger partial charge >= 0.3 is 0 Å². The molecule has 1 atom stereocenters. The second kappa shape index (κ2) is 7.95. The lowest BCUT2D eigenvalue weighted by molar-refractivity contribution is -0.132. The molecule has 3 rings (SSSR count). The summed E-state index contributed by atoms with van der Waals surface area (Å²) >= 11 is 0. The van der Waals surface area contributed by atoms with E-state index in [9.17, 15) is 9.18 Å². The summed E-state index contributed by atoms with van der Waals surface area (Å²) < 4.78 is 18.4. The van der Waals surface area contributed by atoms with E-state index < -0.39 is 0 Å². The van der Waals surface area contributed by atoms with E-state index in [-0.39, 0.29) is 23.7 Å². The highest BCUT2D eigenvalue weighted by atomic mass is 19.1. The summed E-state index contributed by atoms with van der Waals surface area (Å²) in [7, 11) is 0. The summed E-state index contributed by atoms with van der Waals surface area (Å²) in [5.41, 5.74) is 0.833. The van der Waals surface area contributed by atoms with Crippen molar-refractivity contribution in [1.29, 1.82) is 0 Å². The Labute approximate surface area is 153 Å². The lowest BCUT2D eigenvalue weighted by atomic mass is 10.1. The van der Waals surface area contributed by atoms with E-state index >= 15 is 0 Å². The van der Waals surface area contributed by atoms with Gasteiger partial charge in [-0.15, -0.1) is 0 Å². The topological polar surface area (TPSA) is 62.5 Å². The molecule has 0 bridgehead atoms. The van der Waals surface area contributed by atoms with Crippen molar-refractivity contribution in [1.82, 2.24) is 19.9 Å². The van der Waals surface area contributed by atoms with E-state index in [4.69, 9.17) is 4.52 Å². The molecule has 0 saturated carbocycles. The molecular formula is C19H25FN4O2. The Morgan fingerprint density at radius 2 is 1.81 bits per heavy atom. The molecule has 1 saturated heterocycles. The minimum absolute atomic E-state index is 0.0318. The fourth-order valence-corrected chi connectivity index (χ4v) is 3.05. The number of halogens is 1. The fourth-order valence-electron chi connectivity index (χ4n) is 3.05. The summed E-state index contributed by atoms with van der Waals surface area (Å²) in [6.45, 7) is 8.96. The first-order chi connectivity index (χ1) is 12.4. The van der Waals surface area contributed by atoms with Crippen molar-refractivity contribution in [3.63, 3.8) is 0 Å². The van der Waals surface area contributed by atoms with E-state index in [0.29, 0.717) is 25.4 Å². The predicted octanol–water partition coefficient (Wildman–Crippen LogP) is 2.78. The smallest absolute Gasteiger partial charge is 0.243 e. The molecule has 0 N–H and O–H groups in total. The molecule has 0 aliphatic carbocycles. The molecule has 0 radical (unpaired) electrons. The normalized spacial score (nSPS) is 16.9. The number of hydrogen-bond acceptors (Lipinski definition) is 5. The van der Waals surface area contributed by atoms with Crippen LogP contribution in [0.15, 0.2) is 28.8 Å². The third kappa shape index (κ3) is 4.27. The van der Waals surface area contributed by atoms with E-state index in [1.165, 1.54) is 12.1 Å². The lowest BCUT2D eigenvalue weighted by Gasteiger charge is -2.36. The molecule has 1 amide bonds. The minimum atomic E-state index is -0.287. The van der Waals surface area contributed by atoms with Crippen LogP contribution < -0.4 is 0 Å². The standard InChI is InChI=1S/C19H25FN4O2/c1-13(2)18-21-19(26-22-18)14(3)23-8-10-24(11-9-23)17(25)12-15-4-6-16(20)7-5-15/h4-7,13-14H,8-12H2,1-3H3. The number of carbonyl (C=O) groups excluding carboxylic acids is 1. The van der Waals surface area contributed by atoms with Gasteiger partial charge in [0.2, 0.25) is 11.8 Å². The summed E-state index contributed by atoms with van der Waals surface area (Å²) in [6, 6.07) is 6.13. The van der Waals surface area contributed by atoms with Crippen LogP contribution in [0.4, 0.5) is 4.39 Å². The summed E-state index contributed by atoms with van der Waals surface area (Å²) in [4.78, 5) is 21.0. The predicted molar refractivity (Wildman–Crippen MR) is 95.1 cm³/mol. The molecule has 7 heteroatoms. The third-order valence-electron chi connectivity index (χ3n) is 4.81. The Kier molecular flexibility index (Phi) is 5.66. The number of benzene rings is 1. The number of hydrogen-bond donors (Lipinski definition) is 0. The number of piperazine rings is 1. The molecule has 0 spiro atoms. The quantitative estimate of drug-likeness (QED) is 0.820. The third-order valence-corrected chi connectivity index (χ3v) is 4.81. The van der Waals surface area contributed by atoms with Gasteiger partial charge in [0.15, 0.2) is 5.82 Å². The van der Waals surface area contributed by atoms with Gasteiger partial charge in [-0.05, 0) is 24.6 Å². The molecule has 26 heavy (non-hydrogen) atoms. The van der Waals surface area contributed by atoms with Gasteiger partial charge in [0.05, 0.1) is 12.5 Å². The molecule has 1 aromatic carbocycles. The molecule has 6 nitrogen and oxygen atoms in total. The number of aromatic nitrogens is 2. The van der Waals surface area contributed by atoms with Crippen LogP contribution >= 0.6 is 0 Å². The Bertz CT molecular complexity index is 736. The van der Waals surface area contributed by atoms with Crippen LogP contribution in [0.25, 0.3) is 0 Å². The van der Waals surface area contributed by atoms with E-state index in [0.717, 1.165) is 24.5 Å². The van der Waals surface area contributed by atoms with Crippen LogP contribution in [0, 0.1) is 5.82 Å². The number of rotatable bonds is 5. The van der Waals surface area contributed by atoms with E-state index in [2.05, 4.69) is 15.0 Å². The van der Waals surface area contributed by atoms with E-state index in [1.807, 2.05) is 25.7 Å². The van der Waals surface area contributed by atoms with Gasteiger partial charge in [0.1, 0.15) is 5.82 Å². The molecular weight excluding hydrogens is 335 g/mol. The van der Waals surface area contributed by atoms with Crippen molar-refractivity contribution < 1.29 is 13.7 Å². The maximum Gasteiger partial charge on any atom is 0.243 e. The first-order valence-corrected chi connectivity index (χ1v) is 9.04. The molecule has 2 aromatic rings. The average Bonchev–Trinajstić information content (AvgIpc) is 3.13. The first kappa shape index (κ1) is 18.5. The van der Waals surface area contributed by atoms with Crippen LogP contribution in [0.1, 0.15) is 50.0 Å². The molecule has 1 aliphatic heterocycles. The van der Waals surface area contributed by atoms with Gasteiger partial charge in [-0.3, -0.25) is 9.69 Å². The summed E-state index contributed by atoms with van der Waals surface area (Å²) in [6.07, 6.45) is 0.303. The number of nitrogens with zero attached hydrogens (tertiary/aromatic N) is 4. The van der Waals surface area contributed by atoms with Gasteiger partial charge in [-0.1, -0.05) is 31.1 Å². The van der Waals surface area contributed by atoms with E-state index in [1.54, 1.807) is 12.1 Å². The molecule has 2 heterocycles. The number of carbonyl (C=O) groups is 1. The van der Waals surface area contributed by atoms with Crippen LogP contribution in [0.2, 0.25) is 0 Å². The van der Waals surface area contributed by atoms with Crippen LogP contribution in [-0.4, -0.2) is 52.0 Å². The summed E-state index contributed by atoms with van der Waals surface area (Å²) in [5.74, 6) is 1.37. The summed E-state index contributed by atoms with van der Waals surface area (Å²) in [5, 5.41) is 4.02. The van der Waals surface area contributed by atoms with Gasteiger partial charge in [-0.25, -0.2) is 4.39 Å². The second-order valence-electron chi connectivity index (χ2n) is 7.04. The minimum Gasteiger partial charge on any atom is -0.340 e. The highest BCUT2D eigenvalue weighted by Crippen LogP contribution is 2.22. The maximum absolute atomic E-state index is 13.0. The van der Waals surface area contributed by atoms with Gasteiger partial charge in [0, 0.05) is 32.1 Å². The monoisotopic (exact) mass is 360 g/mol. The van der Waals surface area contributed by atoms with Crippen molar-refractivity contribution >= 4 is 5.91 Å². The van der Waals surface area contributed by atoms with Gasteiger partial charge < -0.3 is 9.42 Å². The molecule has 1 aliphatic rings. The van der Waals surface area contributed by atoms with Crippen molar-refractivity contribution in [3.8, 4) is 0 Å². The Morgan fingerprint density at radius 3 is 2.38 bits per heavy atom. The molecule has 1 aromatic heterocycles. The molecule has 1 fully saturated rings. The van der Waals surface area contributed by atoms with Crippen LogP contribution in [0.5, 0.6) is 0 Å². The number of amides is 1. The van der Waals surface area contributed by atoms with Gasteiger partial charge in [-0.2, -0.15) is 4.98 Å². The van der Waals surface area contributed by atoms with Gasteiger partial charge in [0.25, 0.3) is 0 Å². The zero-order chi connectivity index (χ0) is 18.7. The zero-order valence-electron chi connectivity index (χ0n) is 15.5. The van der Waals surface area contributed by atoms with Crippen LogP contribution in [-0.2, 0) is 11.2 Å². The van der Waals surface area contributed by atoms with Crippen LogP contribution in [0.3, 0.4) is 0 Å². The second-order valence-corrected chi connectivity index (χ2v) is 7.04. The molecule has 140 valence electrons. The molecule has 1 unspecified atom stereocenters.